The minimum absolute atomic E-state index is 0.226. The summed E-state index contributed by atoms with van der Waals surface area (Å²) < 4.78 is 45.3. The molecule has 2 aromatic rings. The average molecular weight is 337 g/mol. The Morgan fingerprint density at radius 1 is 1.10 bits per heavy atom. The molecule has 0 spiro atoms. The van der Waals surface area contributed by atoms with Crippen LogP contribution in [0.4, 0.5) is 13.2 Å². The van der Waals surface area contributed by atoms with Crippen LogP contribution in [-0.2, 0) is 0 Å². The Balaban J connectivity index is 1.90. The predicted molar refractivity (Wildman–Crippen MR) is 72.3 cm³/mol. The van der Waals surface area contributed by atoms with E-state index in [-0.39, 0.29) is 23.9 Å². The highest BCUT2D eigenvalue weighted by atomic mass is 35.5. The van der Waals surface area contributed by atoms with Crippen LogP contribution in [-0.4, -0.2) is 18.8 Å². The van der Waals surface area contributed by atoms with E-state index in [1.165, 1.54) is 12.1 Å². The zero-order valence-corrected chi connectivity index (χ0v) is 11.9. The lowest BCUT2D eigenvalue weighted by atomic mass is 10.3. The number of thiophene rings is 1. The van der Waals surface area contributed by atoms with Crippen LogP contribution in [0.1, 0.15) is 9.67 Å². The summed E-state index contributed by atoms with van der Waals surface area (Å²) in [4.78, 5) is 12.2. The molecule has 1 heterocycles. The van der Waals surface area contributed by atoms with E-state index in [1.807, 2.05) is 0 Å². The van der Waals surface area contributed by atoms with Crippen LogP contribution in [0, 0.1) is 0 Å². The number of ketones is 1. The van der Waals surface area contributed by atoms with Crippen molar-refractivity contribution >= 4 is 28.7 Å². The zero-order valence-electron chi connectivity index (χ0n) is 10.3. The Hall–Kier alpha value is -1.73. The van der Waals surface area contributed by atoms with Gasteiger partial charge >= 0.3 is 6.36 Å². The number of hydrogen-bond donors (Lipinski definition) is 0. The minimum Gasteiger partial charge on any atom is -0.485 e. The lowest BCUT2D eigenvalue weighted by Crippen LogP contribution is -2.17. The molecule has 0 fully saturated rings. The Bertz CT molecular complexity index is 622. The highest BCUT2D eigenvalue weighted by Gasteiger charge is 2.30. The number of carbonyl (C=O) groups excluding carboxylic acids is 1. The predicted octanol–water partition coefficient (Wildman–Crippen LogP) is 4.56. The highest BCUT2D eigenvalue weighted by Crippen LogP contribution is 2.25. The van der Waals surface area contributed by atoms with E-state index >= 15 is 0 Å². The number of carbonyl (C=O) groups is 1. The van der Waals surface area contributed by atoms with E-state index in [9.17, 15) is 18.0 Å². The van der Waals surface area contributed by atoms with Gasteiger partial charge in [-0.3, -0.25) is 4.79 Å². The molecule has 21 heavy (non-hydrogen) atoms. The summed E-state index contributed by atoms with van der Waals surface area (Å²) in [6.45, 7) is -0.226. The third-order valence-electron chi connectivity index (χ3n) is 2.28. The first kappa shape index (κ1) is 15.7. The first-order valence-corrected chi connectivity index (χ1v) is 6.80. The molecular weight excluding hydrogens is 329 g/mol. The average Bonchev–Trinajstić information content (AvgIpc) is 2.82. The van der Waals surface area contributed by atoms with Crippen LogP contribution in [0.2, 0.25) is 4.34 Å². The summed E-state index contributed by atoms with van der Waals surface area (Å²) in [5.41, 5.74) is 0. The molecule has 3 nitrogen and oxygen atoms in total. The fraction of sp³-hybridized carbons (Fsp3) is 0.154. The molecule has 0 N–H and O–H groups in total. The Morgan fingerprint density at radius 2 is 1.71 bits per heavy atom. The van der Waals surface area contributed by atoms with Gasteiger partial charge in [0.2, 0.25) is 5.78 Å². The van der Waals surface area contributed by atoms with Gasteiger partial charge in [0.05, 0.1) is 9.21 Å². The summed E-state index contributed by atoms with van der Waals surface area (Å²) in [5.74, 6) is -0.353. The van der Waals surface area contributed by atoms with Crippen molar-refractivity contribution in [3.63, 3.8) is 0 Å². The summed E-state index contributed by atoms with van der Waals surface area (Å²) in [5, 5.41) is 0. The number of halogens is 4. The SMILES string of the molecule is O=C(COc1ccc(OC(F)(F)F)cc1)c1ccc(Cl)s1. The molecule has 0 radical (unpaired) electrons. The van der Waals surface area contributed by atoms with Crippen molar-refractivity contribution in [3.05, 3.63) is 45.6 Å². The number of ether oxygens (including phenoxy) is 2. The van der Waals surface area contributed by atoms with Gasteiger partial charge in [-0.1, -0.05) is 11.6 Å². The number of hydrogen-bond acceptors (Lipinski definition) is 4. The van der Waals surface area contributed by atoms with Crippen LogP contribution >= 0.6 is 22.9 Å². The van der Waals surface area contributed by atoms with Crippen LogP contribution in [0.15, 0.2) is 36.4 Å². The summed E-state index contributed by atoms with van der Waals surface area (Å²) >= 11 is 6.84. The molecule has 0 unspecified atom stereocenters. The molecule has 0 aliphatic rings. The molecule has 0 aliphatic carbocycles. The van der Waals surface area contributed by atoms with E-state index in [1.54, 1.807) is 12.1 Å². The first-order valence-electron chi connectivity index (χ1n) is 5.60. The van der Waals surface area contributed by atoms with Crippen molar-refractivity contribution in [2.75, 3.05) is 6.61 Å². The number of Topliss-reactive ketones (excluding diaryl/α,β-unsaturated/α-hetero) is 1. The van der Waals surface area contributed by atoms with E-state index in [0.717, 1.165) is 23.5 Å². The molecule has 112 valence electrons. The van der Waals surface area contributed by atoms with Gasteiger partial charge in [0.15, 0.2) is 6.61 Å². The van der Waals surface area contributed by atoms with Crippen molar-refractivity contribution in [1.82, 2.24) is 0 Å². The van der Waals surface area contributed by atoms with E-state index < -0.39 is 6.36 Å². The van der Waals surface area contributed by atoms with Crippen LogP contribution < -0.4 is 9.47 Å². The lowest BCUT2D eigenvalue weighted by Gasteiger charge is -2.09. The maximum absolute atomic E-state index is 12.0. The fourth-order valence-electron chi connectivity index (χ4n) is 1.42. The molecule has 0 saturated carbocycles. The van der Waals surface area contributed by atoms with Gasteiger partial charge in [0.25, 0.3) is 0 Å². The fourth-order valence-corrected chi connectivity index (χ4v) is 2.39. The Kier molecular flexibility index (Phi) is 4.74. The van der Waals surface area contributed by atoms with Gasteiger partial charge < -0.3 is 9.47 Å². The lowest BCUT2D eigenvalue weighted by molar-refractivity contribution is -0.274. The van der Waals surface area contributed by atoms with Crippen LogP contribution in [0.25, 0.3) is 0 Å². The third-order valence-corrected chi connectivity index (χ3v) is 3.55. The summed E-state index contributed by atoms with van der Waals surface area (Å²) in [6.07, 6.45) is -4.74. The van der Waals surface area contributed by atoms with Gasteiger partial charge in [0, 0.05) is 0 Å². The van der Waals surface area contributed by atoms with E-state index in [4.69, 9.17) is 16.3 Å². The summed E-state index contributed by atoms with van der Waals surface area (Å²) in [6, 6.07) is 7.97. The van der Waals surface area contributed by atoms with Crippen LogP contribution in [0.5, 0.6) is 11.5 Å². The second-order valence-electron chi connectivity index (χ2n) is 3.83. The first-order chi connectivity index (χ1) is 9.83. The van der Waals surface area contributed by atoms with Crippen molar-refractivity contribution < 1.29 is 27.4 Å². The number of alkyl halides is 3. The van der Waals surface area contributed by atoms with E-state index in [0.29, 0.717) is 9.21 Å². The summed E-state index contributed by atoms with van der Waals surface area (Å²) in [7, 11) is 0. The normalized spacial score (nSPS) is 11.2. The Morgan fingerprint density at radius 3 is 2.24 bits per heavy atom. The van der Waals surface area contributed by atoms with Crippen molar-refractivity contribution in [2.24, 2.45) is 0 Å². The molecule has 0 amide bonds. The third kappa shape index (κ3) is 4.95. The van der Waals surface area contributed by atoms with Gasteiger partial charge in [-0.2, -0.15) is 0 Å². The molecule has 1 aromatic heterocycles. The standard InChI is InChI=1S/C13H8ClF3O3S/c14-12-6-5-11(21-12)10(18)7-19-8-1-3-9(4-2-8)20-13(15,16)17/h1-6H,7H2. The highest BCUT2D eigenvalue weighted by molar-refractivity contribution is 7.18. The molecule has 8 heteroatoms. The largest absolute Gasteiger partial charge is 0.573 e. The quantitative estimate of drug-likeness (QED) is 0.751. The number of benzene rings is 1. The minimum atomic E-state index is -4.74. The molecule has 0 atom stereocenters. The van der Waals surface area contributed by atoms with Crippen molar-refractivity contribution in [1.29, 1.82) is 0 Å². The van der Waals surface area contributed by atoms with Gasteiger partial charge in [-0.25, -0.2) is 0 Å². The number of rotatable bonds is 5. The van der Waals surface area contributed by atoms with Gasteiger partial charge in [-0.15, -0.1) is 24.5 Å². The smallest absolute Gasteiger partial charge is 0.485 e. The second kappa shape index (κ2) is 6.36. The monoisotopic (exact) mass is 336 g/mol. The molecule has 2 rings (SSSR count). The Labute approximate surface area is 126 Å². The molecular formula is C13H8ClF3O3S. The van der Waals surface area contributed by atoms with Crippen LogP contribution in [0.3, 0.4) is 0 Å². The second-order valence-corrected chi connectivity index (χ2v) is 5.55. The molecule has 1 aromatic carbocycles. The molecule has 0 bridgehead atoms. The molecule has 0 aliphatic heterocycles. The maximum Gasteiger partial charge on any atom is 0.573 e. The van der Waals surface area contributed by atoms with E-state index in [2.05, 4.69) is 4.74 Å². The van der Waals surface area contributed by atoms with Crippen molar-refractivity contribution in [2.45, 2.75) is 6.36 Å². The zero-order chi connectivity index (χ0) is 15.5. The molecule has 0 saturated heterocycles. The van der Waals surface area contributed by atoms with Gasteiger partial charge in [0.1, 0.15) is 11.5 Å². The maximum atomic E-state index is 12.0. The van der Waals surface area contributed by atoms with Gasteiger partial charge in [-0.05, 0) is 36.4 Å². The topological polar surface area (TPSA) is 35.5 Å². The van der Waals surface area contributed by atoms with Crippen molar-refractivity contribution in [3.8, 4) is 11.5 Å².